The molecule has 0 atom stereocenters. The van der Waals surface area contributed by atoms with Gasteiger partial charge in [0.2, 0.25) is 5.91 Å². The first-order chi connectivity index (χ1) is 14.6. The quantitative estimate of drug-likeness (QED) is 0.646. The van der Waals surface area contributed by atoms with Gasteiger partial charge in [-0.25, -0.2) is 4.79 Å². The van der Waals surface area contributed by atoms with Crippen LogP contribution in [0.3, 0.4) is 0 Å². The predicted molar refractivity (Wildman–Crippen MR) is 124 cm³/mol. The average Bonchev–Trinajstić information content (AvgIpc) is 2.87. The normalized spacial score (nSPS) is 17.1. The van der Waals surface area contributed by atoms with Crippen molar-refractivity contribution in [1.82, 2.24) is 10.2 Å². The Morgan fingerprint density at radius 3 is 2.25 bits per heavy atom. The summed E-state index contributed by atoms with van der Waals surface area (Å²) in [6, 6.07) is 5.82. The van der Waals surface area contributed by atoms with Gasteiger partial charge in [0.05, 0.1) is 18.3 Å². The third-order valence-corrected chi connectivity index (χ3v) is 5.62. The minimum Gasteiger partial charge on any atom is -0.497 e. The molecule has 0 radical (unpaired) electrons. The number of amides is 2. The summed E-state index contributed by atoms with van der Waals surface area (Å²) in [6.07, 6.45) is 0.0770. The molecule has 2 amide bonds. The zero-order valence-electron chi connectivity index (χ0n) is 20.8. The average molecular weight is 448 g/mol. The zero-order valence-corrected chi connectivity index (χ0v) is 20.8. The van der Waals surface area contributed by atoms with Crippen molar-refractivity contribution in [2.24, 2.45) is 0 Å². The van der Waals surface area contributed by atoms with Crippen LogP contribution < -0.4 is 15.5 Å². The van der Waals surface area contributed by atoms with Crippen molar-refractivity contribution in [2.45, 2.75) is 71.7 Å². The highest BCUT2D eigenvalue weighted by Gasteiger charge is 2.52. The molecule has 0 bridgehead atoms. The van der Waals surface area contributed by atoms with Gasteiger partial charge in [-0.1, -0.05) is 12.1 Å². The lowest BCUT2D eigenvalue weighted by Crippen LogP contribution is -2.41. The van der Waals surface area contributed by atoms with Gasteiger partial charge >= 0.3 is 13.2 Å². The number of hydrogen-bond acceptors (Lipinski definition) is 6. The van der Waals surface area contributed by atoms with E-state index in [2.05, 4.69) is 5.32 Å². The predicted octanol–water partition coefficient (Wildman–Crippen LogP) is 2.52. The number of benzene rings is 1. The number of ether oxygens (including phenoxy) is 2. The number of nitrogens with one attached hydrogen (secondary N) is 1. The molecule has 9 heteroatoms. The van der Waals surface area contributed by atoms with Crippen LogP contribution in [-0.4, -0.2) is 68.1 Å². The molecule has 0 spiro atoms. The van der Waals surface area contributed by atoms with E-state index in [9.17, 15) is 9.59 Å². The van der Waals surface area contributed by atoms with E-state index in [1.54, 1.807) is 27.9 Å². The summed E-state index contributed by atoms with van der Waals surface area (Å²) in [5, 5.41) is 2.84. The largest absolute Gasteiger partial charge is 0.498 e. The number of methoxy groups -OCH3 is 1. The minimum absolute atomic E-state index is 0.0727. The van der Waals surface area contributed by atoms with Crippen molar-refractivity contribution in [3.63, 3.8) is 0 Å². The van der Waals surface area contributed by atoms with Crippen molar-refractivity contribution in [1.29, 1.82) is 0 Å². The van der Waals surface area contributed by atoms with Crippen molar-refractivity contribution in [2.75, 3.05) is 27.2 Å². The highest BCUT2D eigenvalue weighted by molar-refractivity contribution is 6.63. The van der Waals surface area contributed by atoms with E-state index in [1.807, 2.05) is 45.9 Å². The van der Waals surface area contributed by atoms with Gasteiger partial charge in [-0.3, -0.25) is 4.79 Å². The first kappa shape index (κ1) is 26.0. The van der Waals surface area contributed by atoms with Crippen molar-refractivity contribution in [3.05, 3.63) is 23.8 Å². The van der Waals surface area contributed by atoms with Crippen LogP contribution in [0.5, 0.6) is 5.75 Å². The van der Waals surface area contributed by atoms with E-state index >= 15 is 0 Å². The fourth-order valence-corrected chi connectivity index (χ4v) is 3.12. The molecule has 1 aromatic rings. The number of nitrogens with zero attached hydrogens (tertiary/aromatic N) is 1. The highest BCUT2D eigenvalue weighted by atomic mass is 16.7. The second-order valence-electron chi connectivity index (χ2n) is 10.1. The van der Waals surface area contributed by atoms with Crippen LogP contribution in [0.15, 0.2) is 18.2 Å². The van der Waals surface area contributed by atoms with Crippen molar-refractivity contribution >= 4 is 24.6 Å². The molecule has 1 aromatic carbocycles. The first-order valence-corrected chi connectivity index (χ1v) is 10.9. The molecule has 0 saturated carbocycles. The summed E-state index contributed by atoms with van der Waals surface area (Å²) in [4.78, 5) is 25.5. The van der Waals surface area contributed by atoms with Crippen LogP contribution in [-0.2, 0) is 25.3 Å². The molecule has 1 aliphatic rings. The summed E-state index contributed by atoms with van der Waals surface area (Å²) in [6.45, 7) is 13.7. The third kappa shape index (κ3) is 6.62. The maximum atomic E-state index is 12.2. The molecule has 1 fully saturated rings. The summed E-state index contributed by atoms with van der Waals surface area (Å²) in [7, 11) is 2.62. The lowest BCUT2D eigenvalue weighted by molar-refractivity contribution is -0.121. The van der Waals surface area contributed by atoms with Gasteiger partial charge in [0.25, 0.3) is 0 Å². The van der Waals surface area contributed by atoms with Crippen molar-refractivity contribution < 1.29 is 28.4 Å². The SMILES string of the molecule is COc1ccc(CCNC(=O)CN(C)C(=O)OC(C)(C)C)cc1B1OC(C)(C)C(C)(C)O1. The Morgan fingerprint density at radius 2 is 1.72 bits per heavy atom. The fraction of sp³-hybridized carbons (Fsp3) is 0.652. The number of carbonyl (C=O) groups excluding carboxylic acids is 2. The smallest absolute Gasteiger partial charge is 0.497 e. The van der Waals surface area contributed by atoms with Crippen LogP contribution >= 0.6 is 0 Å². The molecule has 0 aliphatic carbocycles. The molecule has 1 aliphatic heterocycles. The molecule has 0 unspecified atom stereocenters. The monoisotopic (exact) mass is 448 g/mol. The number of rotatable bonds is 7. The standard InChI is InChI=1S/C23H37BN2O6/c1-21(2,3)30-20(28)26(8)15-19(27)25-13-12-16-10-11-18(29-9)17(14-16)24-31-22(4,5)23(6,7)32-24/h10-11,14H,12-13,15H2,1-9H3,(H,25,27). The maximum absolute atomic E-state index is 12.2. The van der Waals surface area contributed by atoms with E-state index < -0.39 is 30.0 Å². The van der Waals surface area contributed by atoms with E-state index in [-0.39, 0.29) is 12.5 Å². The van der Waals surface area contributed by atoms with Gasteiger partial charge in [-0.05, 0) is 66.5 Å². The Labute approximate surface area is 192 Å². The molecule has 1 heterocycles. The van der Waals surface area contributed by atoms with Gasteiger partial charge in [0.1, 0.15) is 17.9 Å². The van der Waals surface area contributed by atoms with E-state index in [1.165, 1.54) is 11.9 Å². The van der Waals surface area contributed by atoms with Gasteiger partial charge in [-0.2, -0.15) is 0 Å². The van der Waals surface area contributed by atoms with E-state index in [0.29, 0.717) is 18.7 Å². The summed E-state index contributed by atoms with van der Waals surface area (Å²) >= 11 is 0. The molecule has 1 saturated heterocycles. The number of hydrogen-bond donors (Lipinski definition) is 1. The number of likely N-dealkylation sites (N-methyl/N-ethyl adjacent to an activating group) is 1. The summed E-state index contributed by atoms with van der Waals surface area (Å²) in [5.41, 5.74) is 0.320. The lowest BCUT2D eigenvalue weighted by atomic mass is 9.77. The van der Waals surface area contributed by atoms with Gasteiger partial charge in [0, 0.05) is 19.1 Å². The molecule has 178 valence electrons. The van der Waals surface area contributed by atoms with Crippen molar-refractivity contribution in [3.8, 4) is 5.75 Å². The lowest BCUT2D eigenvalue weighted by Gasteiger charge is -2.32. The Hall–Kier alpha value is -2.26. The Bertz CT molecular complexity index is 818. The molecule has 0 aromatic heterocycles. The molecule has 1 N–H and O–H groups in total. The topological polar surface area (TPSA) is 86.3 Å². The molecular formula is C23H37BN2O6. The second-order valence-corrected chi connectivity index (χ2v) is 10.1. The van der Waals surface area contributed by atoms with E-state index in [0.717, 1.165) is 11.0 Å². The zero-order chi connectivity index (χ0) is 24.3. The van der Waals surface area contributed by atoms with Crippen LogP contribution in [0.2, 0.25) is 0 Å². The van der Waals surface area contributed by atoms with Gasteiger partial charge < -0.3 is 29.0 Å². The fourth-order valence-electron chi connectivity index (χ4n) is 3.12. The minimum atomic E-state index is -0.606. The summed E-state index contributed by atoms with van der Waals surface area (Å²) < 4.78 is 23.1. The molecular weight excluding hydrogens is 411 g/mol. The number of carbonyl (C=O) groups is 2. The Kier molecular flexibility index (Phi) is 7.89. The van der Waals surface area contributed by atoms with Gasteiger partial charge in [-0.15, -0.1) is 0 Å². The Balaban J connectivity index is 1.95. The van der Waals surface area contributed by atoms with Crippen LogP contribution in [0.1, 0.15) is 54.0 Å². The second kappa shape index (κ2) is 9.71. The first-order valence-electron chi connectivity index (χ1n) is 10.9. The molecule has 32 heavy (non-hydrogen) atoms. The van der Waals surface area contributed by atoms with E-state index in [4.69, 9.17) is 18.8 Å². The molecule has 2 rings (SSSR count). The van der Waals surface area contributed by atoms with Crippen LogP contribution in [0.4, 0.5) is 4.79 Å². The highest BCUT2D eigenvalue weighted by Crippen LogP contribution is 2.37. The van der Waals surface area contributed by atoms with Crippen LogP contribution in [0.25, 0.3) is 0 Å². The van der Waals surface area contributed by atoms with Gasteiger partial charge in [0.15, 0.2) is 0 Å². The summed E-state index contributed by atoms with van der Waals surface area (Å²) in [5.74, 6) is 0.438. The third-order valence-electron chi connectivity index (χ3n) is 5.62. The molecule has 8 nitrogen and oxygen atoms in total. The Morgan fingerprint density at radius 1 is 1.12 bits per heavy atom. The van der Waals surface area contributed by atoms with Crippen LogP contribution in [0, 0.1) is 0 Å². The maximum Gasteiger partial charge on any atom is 0.498 e.